The molecule has 0 saturated heterocycles. The van der Waals surface area contributed by atoms with Gasteiger partial charge in [-0.3, -0.25) is 0 Å². The van der Waals surface area contributed by atoms with Gasteiger partial charge in [-0.2, -0.15) is 5.10 Å². The van der Waals surface area contributed by atoms with Gasteiger partial charge in [-0.05, 0) is 35.2 Å². The first-order chi connectivity index (χ1) is 9.15. The van der Waals surface area contributed by atoms with Gasteiger partial charge < -0.3 is 10.1 Å². The second-order valence-corrected chi connectivity index (χ2v) is 5.68. The van der Waals surface area contributed by atoms with E-state index >= 15 is 0 Å². The van der Waals surface area contributed by atoms with Crippen molar-refractivity contribution in [2.75, 3.05) is 19.0 Å². The SMILES string of the molecule is COC1(CNc2ncnc3c2c(Br)nn3C)CCC1. The molecule has 2 aromatic heterocycles. The molecule has 0 bridgehead atoms. The minimum absolute atomic E-state index is 0.0358. The Balaban J connectivity index is 1.89. The Kier molecular flexibility index (Phi) is 3.18. The number of methoxy groups -OCH3 is 1. The molecule has 0 amide bonds. The molecule has 0 atom stereocenters. The highest BCUT2D eigenvalue weighted by Gasteiger charge is 2.37. The van der Waals surface area contributed by atoms with Crippen molar-refractivity contribution in [2.24, 2.45) is 7.05 Å². The Morgan fingerprint density at radius 3 is 2.89 bits per heavy atom. The van der Waals surface area contributed by atoms with Crippen LogP contribution in [-0.2, 0) is 11.8 Å². The van der Waals surface area contributed by atoms with Gasteiger partial charge in [0.1, 0.15) is 16.7 Å². The summed E-state index contributed by atoms with van der Waals surface area (Å²) in [6, 6.07) is 0. The quantitative estimate of drug-likeness (QED) is 0.932. The van der Waals surface area contributed by atoms with Gasteiger partial charge in [-0.1, -0.05) is 0 Å². The number of aromatic nitrogens is 4. The first kappa shape index (κ1) is 12.8. The first-order valence-electron chi connectivity index (χ1n) is 6.27. The van der Waals surface area contributed by atoms with E-state index in [1.165, 1.54) is 6.42 Å². The van der Waals surface area contributed by atoms with E-state index in [1.54, 1.807) is 18.1 Å². The van der Waals surface area contributed by atoms with Gasteiger partial charge in [-0.15, -0.1) is 0 Å². The van der Waals surface area contributed by atoms with Gasteiger partial charge in [-0.25, -0.2) is 14.6 Å². The standard InChI is InChI=1S/C12H16BrN5O/c1-18-11-8(9(13)17-18)10(15-7-16-11)14-6-12(19-2)4-3-5-12/h7H,3-6H2,1-2H3,(H,14,15,16). The van der Waals surface area contributed by atoms with Crippen molar-refractivity contribution in [2.45, 2.75) is 24.9 Å². The fourth-order valence-corrected chi connectivity index (χ4v) is 3.05. The molecule has 6 nitrogen and oxygen atoms in total. The van der Waals surface area contributed by atoms with Gasteiger partial charge in [0.05, 0.1) is 11.0 Å². The highest BCUT2D eigenvalue weighted by Crippen LogP contribution is 2.35. The van der Waals surface area contributed by atoms with Gasteiger partial charge in [0, 0.05) is 20.7 Å². The van der Waals surface area contributed by atoms with Crippen molar-refractivity contribution in [1.82, 2.24) is 19.7 Å². The van der Waals surface area contributed by atoms with E-state index in [2.05, 4.69) is 36.3 Å². The number of aryl methyl sites for hydroxylation is 1. The van der Waals surface area contributed by atoms with Crippen LogP contribution < -0.4 is 5.32 Å². The summed E-state index contributed by atoms with van der Waals surface area (Å²) in [6.45, 7) is 0.761. The third kappa shape index (κ3) is 2.10. The normalized spacial score (nSPS) is 17.4. The first-order valence-corrected chi connectivity index (χ1v) is 7.07. The van der Waals surface area contributed by atoms with E-state index in [1.807, 2.05) is 7.05 Å². The molecule has 2 heterocycles. The molecule has 1 aliphatic carbocycles. The zero-order chi connectivity index (χ0) is 13.5. The average Bonchev–Trinajstić information content (AvgIpc) is 2.65. The lowest BCUT2D eigenvalue weighted by molar-refractivity contribution is -0.0601. The molecular formula is C12H16BrN5O. The molecular weight excluding hydrogens is 310 g/mol. The highest BCUT2D eigenvalue weighted by molar-refractivity contribution is 9.10. The van der Waals surface area contributed by atoms with Crippen LogP contribution in [0.3, 0.4) is 0 Å². The van der Waals surface area contributed by atoms with E-state index < -0.39 is 0 Å². The predicted octanol–water partition coefficient (Wildman–Crippen LogP) is 2.11. The van der Waals surface area contributed by atoms with Crippen molar-refractivity contribution in [3.63, 3.8) is 0 Å². The van der Waals surface area contributed by atoms with Crippen molar-refractivity contribution in [3.05, 3.63) is 10.9 Å². The Bertz CT molecular complexity index is 602. The van der Waals surface area contributed by atoms with Crippen molar-refractivity contribution in [3.8, 4) is 0 Å². The van der Waals surface area contributed by atoms with Crippen LogP contribution in [0.25, 0.3) is 11.0 Å². The lowest BCUT2D eigenvalue weighted by Gasteiger charge is -2.40. The topological polar surface area (TPSA) is 64.9 Å². The molecule has 3 rings (SSSR count). The summed E-state index contributed by atoms with van der Waals surface area (Å²) >= 11 is 3.45. The third-order valence-corrected chi connectivity index (χ3v) is 4.41. The minimum atomic E-state index is -0.0358. The van der Waals surface area contributed by atoms with Crippen LogP contribution in [0.1, 0.15) is 19.3 Å². The van der Waals surface area contributed by atoms with Crippen molar-refractivity contribution >= 4 is 32.8 Å². The maximum atomic E-state index is 5.60. The zero-order valence-corrected chi connectivity index (χ0v) is 12.6. The molecule has 1 fully saturated rings. The number of nitrogens with zero attached hydrogens (tertiary/aromatic N) is 4. The minimum Gasteiger partial charge on any atom is -0.376 e. The van der Waals surface area contributed by atoms with Gasteiger partial charge >= 0.3 is 0 Å². The average molecular weight is 326 g/mol. The number of fused-ring (bicyclic) bond motifs is 1. The molecule has 7 heteroatoms. The molecule has 0 radical (unpaired) electrons. The summed E-state index contributed by atoms with van der Waals surface area (Å²) in [4.78, 5) is 8.56. The fourth-order valence-electron chi connectivity index (χ4n) is 2.44. The van der Waals surface area contributed by atoms with Crippen LogP contribution in [0, 0.1) is 0 Å². The summed E-state index contributed by atoms with van der Waals surface area (Å²) in [5.41, 5.74) is 0.774. The van der Waals surface area contributed by atoms with Gasteiger partial charge in [0.25, 0.3) is 0 Å². The third-order valence-electron chi connectivity index (χ3n) is 3.85. The maximum absolute atomic E-state index is 5.60. The summed E-state index contributed by atoms with van der Waals surface area (Å²) in [6.07, 6.45) is 4.97. The van der Waals surface area contributed by atoms with E-state index in [-0.39, 0.29) is 5.60 Å². The lowest BCUT2D eigenvalue weighted by Crippen LogP contribution is -2.45. The fraction of sp³-hybridized carbons (Fsp3) is 0.583. The monoisotopic (exact) mass is 325 g/mol. The number of anilines is 1. The van der Waals surface area contributed by atoms with E-state index in [4.69, 9.17) is 4.74 Å². The summed E-state index contributed by atoms with van der Waals surface area (Å²) < 4.78 is 8.10. The summed E-state index contributed by atoms with van der Waals surface area (Å²) in [5.74, 6) is 0.799. The number of halogens is 1. The van der Waals surface area contributed by atoms with E-state index in [0.717, 1.165) is 40.8 Å². The molecule has 19 heavy (non-hydrogen) atoms. The number of ether oxygens (including phenoxy) is 1. The van der Waals surface area contributed by atoms with Crippen LogP contribution in [0.5, 0.6) is 0 Å². The Morgan fingerprint density at radius 1 is 1.47 bits per heavy atom. The second-order valence-electron chi connectivity index (χ2n) is 4.93. The number of nitrogens with one attached hydrogen (secondary N) is 1. The Hall–Kier alpha value is -1.21. The molecule has 0 aromatic carbocycles. The largest absolute Gasteiger partial charge is 0.376 e. The van der Waals surface area contributed by atoms with Crippen molar-refractivity contribution < 1.29 is 4.74 Å². The summed E-state index contributed by atoms with van der Waals surface area (Å²) in [7, 11) is 3.64. The van der Waals surface area contributed by atoms with Crippen LogP contribution in [0.2, 0.25) is 0 Å². The van der Waals surface area contributed by atoms with E-state index in [0.29, 0.717) is 0 Å². The van der Waals surface area contributed by atoms with Crippen LogP contribution in [0.15, 0.2) is 10.9 Å². The van der Waals surface area contributed by atoms with E-state index in [9.17, 15) is 0 Å². The molecule has 0 aliphatic heterocycles. The molecule has 2 aromatic rings. The molecule has 1 saturated carbocycles. The number of hydrogen-bond acceptors (Lipinski definition) is 5. The Labute approximate surface area is 119 Å². The molecule has 0 spiro atoms. The van der Waals surface area contributed by atoms with Crippen molar-refractivity contribution in [1.29, 1.82) is 0 Å². The maximum Gasteiger partial charge on any atom is 0.164 e. The van der Waals surface area contributed by atoms with Crippen LogP contribution in [0.4, 0.5) is 5.82 Å². The molecule has 102 valence electrons. The van der Waals surface area contributed by atoms with Crippen LogP contribution >= 0.6 is 15.9 Å². The Morgan fingerprint density at radius 2 is 2.26 bits per heavy atom. The van der Waals surface area contributed by atoms with Crippen LogP contribution in [-0.4, -0.2) is 39.0 Å². The summed E-state index contributed by atoms with van der Waals surface area (Å²) in [5, 5.41) is 8.60. The zero-order valence-electron chi connectivity index (χ0n) is 11.0. The second kappa shape index (κ2) is 4.72. The smallest absolute Gasteiger partial charge is 0.164 e. The molecule has 0 unspecified atom stereocenters. The van der Waals surface area contributed by atoms with Gasteiger partial charge in [0.2, 0.25) is 0 Å². The molecule has 1 aliphatic rings. The molecule has 1 N–H and O–H groups in total. The lowest BCUT2D eigenvalue weighted by atomic mass is 9.80. The highest BCUT2D eigenvalue weighted by atomic mass is 79.9. The number of hydrogen-bond donors (Lipinski definition) is 1. The number of rotatable bonds is 4. The predicted molar refractivity (Wildman–Crippen MR) is 76.1 cm³/mol. The van der Waals surface area contributed by atoms with Gasteiger partial charge in [0.15, 0.2) is 5.65 Å².